The minimum atomic E-state index is -1.30. The van der Waals surface area contributed by atoms with Crippen molar-refractivity contribution >= 4 is 28.7 Å². The summed E-state index contributed by atoms with van der Waals surface area (Å²) in [6.45, 7) is 1.84. The quantitative estimate of drug-likeness (QED) is 0.612. The van der Waals surface area contributed by atoms with E-state index in [9.17, 15) is 9.35 Å². The van der Waals surface area contributed by atoms with Gasteiger partial charge in [-0.1, -0.05) is 48.0 Å². The predicted octanol–water partition coefficient (Wildman–Crippen LogP) is 3.99. The summed E-state index contributed by atoms with van der Waals surface area (Å²) in [5, 5.41) is 0.460. The summed E-state index contributed by atoms with van der Waals surface area (Å²) in [5.74, 6) is -0.547. The van der Waals surface area contributed by atoms with Crippen molar-refractivity contribution in [1.82, 2.24) is 0 Å². The van der Waals surface area contributed by atoms with E-state index in [1.807, 2.05) is 55.5 Å². The fourth-order valence-electron chi connectivity index (χ4n) is 2.07. The fourth-order valence-corrected chi connectivity index (χ4v) is 3.32. The smallest absolute Gasteiger partial charge is 0.356 e. The molecule has 0 aliphatic carbocycles. The van der Waals surface area contributed by atoms with Crippen LogP contribution < -0.4 is 0 Å². The highest BCUT2D eigenvalue weighted by atomic mass is 35.5. The molecule has 2 unspecified atom stereocenters. The van der Waals surface area contributed by atoms with Gasteiger partial charge >= 0.3 is 5.97 Å². The molecule has 2 atom stereocenters. The van der Waals surface area contributed by atoms with Crippen LogP contribution in [0.25, 0.3) is 11.1 Å². The molecule has 0 radical (unpaired) electrons. The van der Waals surface area contributed by atoms with Crippen LogP contribution in [0.4, 0.5) is 0 Å². The molecule has 116 valence electrons. The third-order valence-corrected chi connectivity index (χ3v) is 5.24. The molecule has 5 heteroatoms. The third-order valence-electron chi connectivity index (χ3n) is 3.42. The SMILES string of the molecule is COC(=O)C[S+]([O-])C(C)c1ccc(-c2cccc(Cl)c2)cc1. The minimum Gasteiger partial charge on any atom is -0.615 e. The molecule has 2 aromatic rings. The zero-order valence-electron chi connectivity index (χ0n) is 12.4. The van der Waals surface area contributed by atoms with Gasteiger partial charge in [-0.05, 0) is 41.4 Å². The lowest BCUT2D eigenvalue weighted by atomic mass is 10.0. The summed E-state index contributed by atoms with van der Waals surface area (Å²) in [6, 6.07) is 15.4. The topological polar surface area (TPSA) is 49.4 Å². The second kappa shape index (κ2) is 7.68. The van der Waals surface area contributed by atoms with E-state index in [-0.39, 0.29) is 11.0 Å². The lowest BCUT2D eigenvalue weighted by Crippen LogP contribution is -2.21. The largest absolute Gasteiger partial charge is 0.615 e. The Morgan fingerprint density at radius 1 is 1.23 bits per heavy atom. The van der Waals surface area contributed by atoms with Crippen molar-refractivity contribution in [1.29, 1.82) is 0 Å². The van der Waals surface area contributed by atoms with Crippen molar-refractivity contribution in [3.63, 3.8) is 0 Å². The Morgan fingerprint density at radius 3 is 2.50 bits per heavy atom. The number of carbonyl (C=O) groups excluding carboxylic acids is 1. The summed E-state index contributed by atoms with van der Waals surface area (Å²) in [5.41, 5.74) is 2.99. The number of carbonyl (C=O) groups is 1. The molecular weight excluding hydrogens is 320 g/mol. The Balaban J connectivity index is 2.13. The molecule has 0 saturated carbocycles. The first-order chi connectivity index (χ1) is 10.5. The molecule has 3 nitrogen and oxygen atoms in total. The maximum Gasteiger partial charge on any atom is 0.356 e. The highest BCUT2D eigenvalue weighted by Crippen LogP contribution is 2.27. The van der Waals surface area contributed by atoms with E-state index in [2.05, 4.69) is 4.74 Å². The molecule has 0 N–H and O–H groups in total. The molecule has 22 heavy (non-hydrogen) atoms. The first kappa shape index (κ1) is 16.9. The monoisotopic (exact) mass is 336 g/mol. The molecule has 2 aromatic carbocycles. The highest BCUT2D eigenvalue weighted by Gasteiger charge is 2.22. The van der Waals surface area contributed by atoms with Gasteiger partial charge in [-0.2, -0.15) is 0 Å². The van der Waals surface area contributed by atoms with Gasteiger partial charge in [0.05, 0.1) is 7.11 Å². The van der Waals surface area contributed by atoms with Gasteiger partial charge in [0, 0.05) is 10.6 Å². The van der Waals surface area contributed by atoms with Gasteiger partial charge in [-0.25, -0.2) is 4.79 Å². The summed E-state index contributed by atoms with van der Waals surface area (Å²) < 4.78 is 16.7. The van der Waals surface area contributed by atoms with Gasteiger partial charge in [0.1, 0.15) is 5.25 Å². The van der Waals surface area contributed by atoms with Crippen molar-refractivity contribution in [2.45, 2.75) is 12.2 Å². The number of ether oxygens (including phenoxy) is 1. The van der Waals surface area contributed by atoms with Crippen LogP contribution in [0.2, 0.25) is 5.02 Å². The van der Waals surface area contributed by atoms with Crippen LogP contribution in [0.3, 0.4) is 0 Å². The number of halogens is 1. The summed E-state index contributed by atoms with van der Waals surface area (Å²) in [6.07, 6.45) is 0. The lowest BCUT2D eigenvalue weighted by Gasteiger charge is -2.17. The second-order valence-corrected chi connectivity index (χ2v) is 7.07. The molecule has 0 aromatic heterocycles. The Morgan fingerprint density at radius 2 is 1.91 bits per heavy atom. The van der Waals surface area contributed by atoms with Crippen molar-refractivity contribution < 1.29 is 14.1 Å². The molecule has 2 rings (SSSR count). The summed E-state index contributed by atoms with van der Waals surface area (Å²) in [4.78, 5) is 11.2. The zero-order valence-corrected chi connectivity index (χ0v) is 14.0. The van der Waals surface area contributed by atoms with Crippen molar-refractivity contribution in [2.24, 2.45) is 0 Å². The molecule has 0 bridgehead atoms. The van der Waals surface area contributed by atoms with Crippen LogP contribution in [0, 0.1) is 0 Å². The maximum atomic E-state index is 12.1. The molecular formula is C17H17ClO3S. The number of rotatable bonds is 5. The van der Waals surface area contributed by atoms with Gasteiger partial charge in [0.25, 0.3) is 0 Å². The second-order valence-electron chi connectivity index (χ2n) is 4.88. The van der Waals surface area contributed by atoms with E-state index in [0.717, 1.165) is 16.7 Å². The number of hydrogen-bond donors (Lipinski definition) is 0. The normalized spacial score (nSPS) is 13.5. The van der Waals surface area contributed by atoms with E-state index >= 15 is 0 Å². The van der Waals surface area contributed by atoms with Crippen LogP contribution in [-0.2, 0) is 20.7 Å². The Kier molecular flexibility index (Phi) is 5.89. The Labute approximate surface area is 138 Å². The maximum absolute atomic E-state index is 12.1. The minimum absolute atomic E-state index is 0.0896. The predicted molar refractivity (Wildman–Crippen MR) is 90.3 cm³/mol. The average Bonchev–Trinajstić information content (AvgIpc) is 2.54. The van der Waals surface area contributed by atoms with E-state index in [4.69, 9.17) is 11.6 Å². The van der Waals surface area contributed by atoms with Crippen LogP contribution in [0.5, 0.6) is 0 Å². The molecule has 0 aliphatic rings. The first-order valence-corrected chi connectivity index (χ1v) is 8.57. The van der Waals surface area contributed by atoms with Gasteiger partial charge < -0.3 is 9.29 Å². The Hall–Kier alpha value is -1.49. The molecule has 0 saturated heterocycles. The zero-order chi connectivity index (χ0) is 16.1. The number of methoxy groups -OCH3 is 1. The summed E-state index contributed by atoms with van der Waals surface area (Å²) in [7, 11) is 1.30. The van der Waals surface area contributed by atoms with Gasteiger partial charge in [-0.15, -0.1) is 0 Å². The number of hydrogen-bond acceptors (Lipinski definition) is 3. The third kappa shape index (κ3) is 4.26. The fraction of sp³-hybridized carbons (Fsp3) is 0.235. The van der Waals surface area contributed by atoms with Crippen molar-refractivity contribution in [2.75, 3.05) is 12.9 Å². The van der Waals surface area contributed by atoms with Gasteiger partial charge in [0.15, 0.2) is 0 Å². The van der Waals surface area contributed by atoms with E-state index in [1.54, 1.807) is 0 Å². The Bertz CT molecular complexity index is 643. The number of esters is 1. The van der Waals surface area contributed by atoms with Crippen molar-refractivity contribution in [3.8, 4) is 11.1 Å². The first-order valence-electron chi connectivity index (χ1n) is 6.81. The lowest BCUT2D eigenvalue weighted by molar-refractivity contribution is -0.137. The molecule has 0 amide bonds. The van der Waals surface area contributed by atoms with Crippen LogP contribution in [0.1, 0.15) is 17.7 Å². The summed E-state index contributed by atoms with van der Waals surface area (Å²) >= 11 is 4.70. The van der Waals surface area contributed by atoms with Gasteiger partial charge in [-0.3, -0.25) is 0 Å². The molecule has 0 aliphatic heterocycles. The average molecular weight is 337 g/mol. The standard InChI is InChI=1S/C17H17ClO3S/c1-12(22(20)11-17(19)21-2)13-6-8-14(9-7-13)15-4-3-5-16(18)10-15/h3-10,12H,11H2,1-2H3. The van der Waals surface area contributed by atoms with Crippen LogP contribution >= 0.6 is 11.6 Å². The van der Waals surface area contributed by atoms with Crippen LogP contribution in [-0.4, -0.2) is 23.4 Å². The molecule has 0 fully saturated rings. The van der Waals surface area contributed by atoms with E-state index in [0.29, 0.717) is 5.02 Å². The molecule has 0 heterocycles. The van der Waals surface area contributed by atoms with Gasteiger partial charge in [0.2, 0.25) is 5.75 Å². The number of benzene rings is 2. The van der Waals surface area contributed by atoms with E-state index < -0.39 is 17.1 Å². The molecule has 0 spiro atoms. The van der Waals surface area contributed by atoms with Crippen molar-refractivity contribution in [3.05, 3.63) is 59.1 Å². The highest BCUT2D eigenvalue weighted by molar-refractivity contribution is 7.92. The van der Waals surface area contributed by atoms with E-state index in [1.165, 1.54) is 7.11 Å². The van der Waals surface area contributed by atoms with Crippen LogP contribution in [0.15, 0.2) is 48.5 Å².